The molecular weight excluding hydrogens is 222 g/mol. The molecule has 2 heterocycles. The van der Waals surface area contributed by atoms with Crippen LogP contribution in [0.2, 0.25) is 0 Å². The van der Waals surface area contributed by atoms with E-state index < -0.39 is 0 Å². The lowest BCUT2D eigenvalue weighted by atomic mass is 9.84. The summed E-state index contributed by atoms with van der Waals surface area (Å²) in [6.45, 7) is 2.72. The highest BCUT2D eigenvalue weighted by molar-refractivity contribution is 5.54. The Kier molecular flexibility index (Phi) is 3.08. The lowest BCUT2D eigenvalue weighted by Gasteiger charge is -2.21. The average molecular weight is 243 g/mol. The fraction of sp³-hybridized carbons (Fsp3) is 0.533. The number of nitrogens with two attached hydrogens (primary N) is 1. The maximum Gasteiger partial charge on any atom is 0.0996 e. The first-order valence-corrected chi connectivity index (χ1v) is 6.96. The third-order valence-corrected chi connectivity index (χ3v) is 4.27. The number of fused-ring (bicyclic) bond motifs is 1. The van der Waals surface area contributed by atoms with Gasteiger partial charge in [0.15, 0.2) is 0 Å². The Labute approximate surface area is 108 Å². The van der Waals surface area contributed by atoms with E-state index in [2.05, 4.69) is 28.4 Å². The molecule has 0 saturated heterocycles. The number of hydrogen-bond donors (Lipinski definition) is 1. The van der Waals surface area contributed by atoms with E-state index in [0.717, 1.165) is 11.6 Å². The second-order valence-corrected chi connectivity index (χ2v) is 5.40. The molecule has 2 N–H and O–H groups in total. The van der Waals surface area contributed by atoms with Gasteiger partial charge in [-0.1, -0.05) is 19.3 Å². The van der Waals surface area contributed by atoms with E-state index in [9.17, 15) is 0 Å². The van der Waals surface area contributed by atoms with E-state index in [0.29, 0.717) is 6.54 Å². The maximum absolute atomic E-state index is 5.66. The van der Waals surface area contributed by atoms with Crippen LogP contribution in [0.5, 0.6) is 0 Å². The van der Waals surface area contributed by atoms with E-state index >= 15 is 0 Å². The van der Waals surface area contributed by atoms with Crippen LogP contribution >= 0.6 is 0 Å². The number of nitrogens with zero attached hydrogens (tertiary/aromatic N) is 2. The Bertz CT molecular complexity index is 550. The molecular formula is C15H21N3. The fourth-order valence-electron chi connectivity index (χ4n) is 3.21. The average Bonchev–Trinajstić information content (AvgIpc) is 2.76. The van der Waals surface area contributed by atoms with Gasteiger partial charge in [0.1, 0.15) is 0 Å². The minimum absolute atomic E-state index is 0.513. The first-order valence-electron chi connectivity index (χ1n) is 6.96. The number of aromatic nitrogens is 2. The Balaban J connectivity index is 2.04. The van der Waals surface area contributed by atoms with Gasteiger partial charge < -0.3 is 10.1 Å². The molecule has 1 aliphatic carbocycles. The molecule has 1 saturated carbocycles. The molecule has 1 aliphatic rings. The highest BCUT2D eigenvalue weighted by Crippen LogP contribution is 2.35. The van der Waals surface area contributed by atoms with Crippen molar-refractivity contribution in [3.8, 4) is 0 Å². The summed E-state index contributed by atoms with van der Waals surface area (Å²) >= 11 is 0. The standard InChI is InChI=1S/C15H21N3/c1-11-15(12-5-3-2-4-6-12)8-14-7-13(9-16)17-10-18(11)14/h7-8,10,12H,2-6,9,16H2,1H3. The van der Waals surface area contributed by atoms with Gasteiger partial charge in [-0.05, 0) is 43.4 Å². The highest BCUT2D eigenvalue weighted by Gasteiger charge is 2.19. The van der Waals surface area contributed by atoms with Crippen molar-refractivity contribution < 1.29 is 0 Å². The first-order chi connectivity index (χ1) is 8.79. The Morgan fingerprint density at radius 3 is 2.78 bits per heavy atom. The van der Waals surface area contributed by atoms with Crippen molar-refractivity contribution in [1.82, 2.24) is 9.38 Å². The third-order valence-electron chi connectivity index (χ3n) is 4.27. The van der Waals surface area contributed by atoms with E-state index in [-0.39, 0.29) is 0 Å². The van der Waals surface area contributed by atoms with Gasteiger partial charge in [0.2, 0.25) is 0 Å². The quantitative estimate of drug-likeness (QED) is 0.880. The van der Waals surface area contributed by atoms with Crippen LogP contribution in [-0.2, 0) is 6.54 Å². The van der Waals surface area contributed by atoms with Gasteiger partial charge in [-0.3, -0.25) is 0 Å². The van der Waals surface area contributed by atoms with Crippen molar-refractivity contribution in [2.45, 2.75) is 51.5 Å². The molecule has 0 spiro atoms. The predicted octanol–water partition coefficient (Wildman–Crippen LogP) is 3.15. The SMILES string of the molecule is Cc1c(C2CCCCC2)cc2cc(CN)ncn12. The van der Waals surface area contributed by atoms with Crippen LogP contribution in [-0.4, -0.2) is 9.38 Å². The smallest absolute Gasteiger partial charge is 0.0996 e. The molecule has 0 amide bonds. The molecule has 3 heteroatoms. The molecule has 3 nitrogen and oxygen atoms in total. The topological polar surface area (TPSA) is 43.3 Å². The Hall–Kier alpha value is -1.35. The summed E-state index contributed by atoms with van der Waals surface area (Å²) in [7, 11) is 0. The second-order valence-electron chi connectivity index (χ2n) is 5.40. The van der Waals surface area contributed by atoms with Crippen LogP contribution in [0.3, 0.4) is 0 Å². The summed E-state index contributed by atoms with van der Waals surface area (Å²) in [4.78, 5) is 4.38. The third kappa shape index (κ3) is 1.93. The Morgan fingerprint density at radius 1 is 1.28 bits per heavy atom. The largest absolute Gasteiger partial charge is 0.325 e. The van der Waals surface area contributed by atoms with Crippen molar-refractivity contribution in [3.05, 3.63) is 35.4 Å². The zero-order valence-electron chi connectivity index (χ0n) is 11.0. The predicted molar refractivity (Wildman–Crippen MR) is 73.6 cm³/mol. The highest BCUT2D eigenvalue weighted by atomic mass is 15.0. The molecule has 96 valence electrons. The molecule has 18 heavy (non-hydrogen) atoms. The summed E-state index contributed by atoms with van der Waals surface area (Å²) < 4.78 is 2.20. The summed E-state index contributed by atoms with van der Waals surface area (Å²) in [6.07, 6.45) is 8.76. The fourth-order valence-corrected chi connectivity index (χ4v) is 3.21. The summed E-state index contributed by atoms with van der Waals surface area (Å²) in [5, 5.41) is 0. The van der Waals surface area contributed by atoms with Gasteiger partial charge >= 0.3 is 0 Å². The summed E-state index contributed by atoms with van der Waals surface area (Å²) in [5.74, 6) is 0.750. The van der Waals surface area contributed by atoms with Gasteiger partial charge in [0.05, 0.1) is 12.0 Å². The Morgan fingerprint density at radius 2 is 2.06 bits per heavy atom. The minimum Gasteiger partial charge on any atom is -0.325 e. The summed E-state index contributed by atoms with van der Waals surface area (Å²) in [6, 6.07) is 4.45. The minimum atomic E-state index is 0.513. The molecule has 2 aromatic rings. The van der Waals surface area contributed by atoms with Crippen LogP contribution in [0.15, 0.2) is 18.5 Å². The van der Waals surface area contributed by atoms with Gasteiger partial charge in [0.25, 0.3) is 0 Å². The molecule has 0 radical (unpaired) electrons. The van der Waals surface area contributed by atoms with Crippen LogP contribution < -0.4 is 5.73 Å². The lowest BCUT2D eigenvalue weighted by molar-refractivity contribution is 0.442. The monoisotopic (exact) mass is 243 g/mol. The van der Waals surface area contributed by atoms with Crippen molar-refractivity contribution in [1.29, 1.82) is 0 Å². The van der Waals surface area contributed by atoms with Gasteiger partial charge in [-0.2, -0.15) is 0 Å². The van der Waals surface area contributed by atoms with Gasteiger partial charge in [-0.25, -0.2) is 4.98 Å². The lowest BCUT2D eigenvalue weighted by Crippen LogP contribution is -2.05. The van der Waals surface area contributed by atoms with Crippen LogP contribution in [0.1, 0.15) is 55.0 Å². The zero-order chi connectivity index (χ0) is 12.5. The van der Waals surface area contributed by atoms with Crippen LogP contribution in [0, 0.1) is 6.92 Å². The molecule has 0 atom stereocenters. The molecule has 0 unspecified atom stereocenters. The molecule has 0 aromatic carbocycles. The van der Waals surface area contributed by atoms with E-state index in [1.807, 2.05) is 6.33 Å². The van der Waals surface area contributed by atoms with Crippen molar-refractivity contribution in [2.75, 3.05) is 0 Å². The van der Waals surface area contributed by atoms with E-state index in [1.165, 1.54) is 48.9 Å². The zero-order valence-corrected chi connectivity index (χ0v) is 11.0. The van der Waals surface area contributed by atoms with E-state index in [4.69, 9.17) is 5.73 Å². The number of rotatable bonds is 2. The van der Waals surface area contributed by atoms with Crippen molar-refractivity contribution >= 4 is 5.52 Å². The normalized spacial score (nSPS) is 17.4. The maximum atomic E-state index is 5.66. The number of aryl methyl sites for hydroxylation is 1. The summed E-state index contributed by atoms with van der Waals surface area (Å²) in [5.41, 5.74) is 10.7. The van der Waals surface area contributed by atoms with E-state index in [1.54, 1.807) is 0 Å². The second kappa shape index (κ2) is 4.73. The van der Waals surface area contributed by atoms with Crippen molar-refractivity contribution in [3.63, 3.8) is 0 Å². The first kappa shape index (κ1) is 11.7. The number of hydrogen-bond acceptors (Lipinski definition) is 2. The van der Waals surface area contributed by atoms with Crippen molar-refractivity contribution in [2.24, 2.45) is 5.73 Å². The molecule has 3 rings (SSSR count). The molecule has 2 aromatic heterocycles. The van der Waals surface area contributed by atoms with Crippen LogP contribution in [0.4, 0.5) is 0 Å². The molecule has 0 aliphatic heterocycles. The molecule has 1 fully saturated rings. The van der Waals surface area contributed by atoms with Gasteiger partial charge in [0, 0.05) is 17.8 Å². The van der Waals surface area contributed by atoms with Crippen LogP contribution in [0.25, 0.3) is 5.52 Å². The van der Waals surface area contributed by atoms with Gasteiger partial charge in [-0.15, -0.1) is 0 Å². The molecule has 0 bridgehead atoms.